The standard InChI is InChI=1S/C37H37F2N5O4S2/c1-37(2,3)48-36(46)44(15-16-47-4)22-24-7-12-30(41-21-24)32-20-31-34(50-32)26(13-14-40-31)18-25-8-11-28(19-29(25)39)42-35(49)43-33(45)17-23-5-9-27(38)10-6-23/h5-14,19-21H,15-18,22H2,1-4H3,(H2,42,43,45,49). The molecule has 2 amide bonds. The number of nitrogens with one attached hydrogen (secondary N) is 2. The largest absolute Gasteiger partial charge is 0.444 e. The number of amides is 2. The molecule has 2 aromatic carbocycles. The van der Waals surface area contributed by atoms with Gasteiger partial charge in [0.05, 0.1) is 40.4 Å². The van der Waals surface area contributed by atoms with Crippen LogP contribution in [0, 0.1) is 11.6 Å². The Morgan fingerprint density at radius 1 is 0.960 bits per heavy atom. The number of nitrogens with zero attached hydrogens (tertiary/aromatic N) is 3. The Morgan fingerprint density at radius 2 is 1.72 bits per heavy atom. The van der Waals surface area contributed by atoms with Crippen molar-refractivity contribution in [2.75, 3.05) is 25.6 Å². The lowest BCUT2D eigenvalue weighted by molar-refractivity contribution is -0.119. The van der Waals surface area contributed by atoms with Gasteiger partial charge in [-0.15, -0.1) is 11.3 Å². The molecule has 260 valence electrons. The SMILES string of the molecule is COCCN(Cc1ccc(-c2cc3nccc(Cc4ccc(NC(=S)NC(=O)Cc5ccc(F)cc5)cc4F)c3s2)nc1)C(=O)OC(C)(C)C. The Balaban J connectivity index is 1.23. The van der Waals surface area contributed by atoms with Crippen molar-refractivity contribution in [3.8, 4) is 10.6 Å². The fraction of sp³-hybridized carbons (Fsp3) is 0.270. The van der Waals surface area contributed by atoms with Gasteiger partial charge in [-0.2, -0.15) is 0 Å². The first-order valence-corrected chi connectivity index (χ1v) is 17.0. The summed E-state index contributed by atoms with van der Waals surface area (Å²) < 4.78 is 40.1. The van der Waals surface area contributed by atoms with E-state index in [1.807, 2.05) is 45.0 Å². The molecule has 50 heavy (non-hydrogen) atoms. The molecule has 13 heteroatoms. The van der Waals surface area contributed by atoms with Gasteiger partial charge in [0.25, 0.3) is 0 Å². The number of thiocarbonyl (C=S) groups is 1. The summed E-state index contributed by atoms with van der Waals surface area (Å²) in [7, 11) is 1.59. The van der Waals surface area contributed by atoms with E-state index in [0.29, 0.717) is 42.9 Å². The van der Waals surface area contributed by atoms with E-state index in [-0.39, 0.29) is 23.3 Å². The third kappa shape index (κ3) is 10.1. The van der Waals surface area contributed by atoms with Gasteiger partial charge in [-0.1, -0.05) is 24.3 Å². The van der Waals surface area contributed by atoms with Crippen LogP contribution in [0.2, 0.25) is 0 Å². The number of carbonyl (C=O) groups excluding carboxylic acids is 2. The Kier molecular flexibility index (Phi) is 11.8. The number of fused-ring (bicyclic) bond motifs is 1. The topological polar surface area (TPSA) is 106 Å². The van der Waals surface area contributed by atoms with E-state index in [0.717, 1.165) is 31.9 Å². The summed E-state index contributed by atoms with van der Waals surface area (Å²) in [5, 5.41) is 5.43. The number of halogens is 2. The van der Waals surface area contributed by atoms with Crippen LogP contribution in [0.3, 0.4) is 0 Å². The normalized spacial score (nSPS) is 11.3. The summed E-state index contributed by atoms with van der Waals surface area (Å²) in [4.78, 5) is 36.8. The third-order valence-electron chi connectivity index (χ3n) is 7.38. The molecule has 5 rings (SSSR count). The number of anilines is 1. The number of aromatic nitrogens is 2. The van der Waals surface area contributed by atoms with Gasteiger partial charge in [0.15, 0.2) is 5.11 Å². The summed E-state index contributed by atoms with van der Waals surface area (Å²) in [6.07, 6.45) is 3.38. The maximum atomic E-state index is 15.3. The van der Waals surface area contributed by atoms with Crippen molar-refractivity contribution in [2.45, 2.75) is 45.8 Å². The zero-order valence-electron chi connectivity index (χ0n) is 28.1. The molecule has 0 unspecified atom stereocenters. The van der Waals surface area contributed by atoms with E-state index < -0.39 is 17.5 Å². The molecule has 0 aliphatic heterocycles. The first kappa shape index (κ1) is 36.4. The highest BCUT2D eigenvalue weighted by Crippen LogP contribution is 2.35. The Bertz CT molecular complexity index is 1980. The monoisotopic (exact) mass is 717 g/mol. The Labute approximate surface area is 298 Å². The minimum atomic E-state index is -0.617. The van der Waals surface area contributed by atoms with Gasteiger partial charge in [0.2, 0.25) is 5.91 Å². The average molecular weight is 718 g/mol. The van der Waals surface area contributed by atoms with Crippen LogP contribution in [-0.2, 0) is 33.7 Å². The molecule has 0 fully saturated rings. The molecular formula is C37H37F2N5O4S2. The van der Waals surface area contributed by atoms with Crippen LogP contribution in [0.4, 0.5) is 19.3 Å². The van der Waals surface area contributed by atoms with Gasteiger partial charge in [0.1, 0.15) is 17.2 Å². The van der Waals surface area contributed by atoms with Crippen molar-refractivity contribution in [3.63, 3.8) is 0 Å². The number of hydrogen-bond acceptors (Lipinski definition) is 8. The molecule has 0 spiro atoms. The molecule has 0 saturated heterocycles. The quantitative estimate of drug-likeness (QED) is 0.134. The van der Waals surface area contributed by atoms with Crippen LogP contribution in [0.15, 0.2) is 79.1 Å². The van der Waals surface area contributed by atoms with Gasteiger partial charge in [0, 0.05) is 38.2 Å². The number of rotatable bonds is 11. The number of thiophene rings is 1. The molecule has 9 nitrogen and oxygen atoms in total. The molecule has 3 aromatic heterocycles. The van der Waals surface area contributed by atoms with Crippen molar-refractivity contribution in [1.29, 1.82) is 0 Å². The fourth-order valence-corrected chi connectivity index (χ4v) is 6.33. The zero-order chi connectivity index (χ0) is 35.8. The molecule has 0 bridgehead atoms. The molecule has 0 atom stereocenters. The molecule has 2 N–H and O–H groups in total. The number of ether oxygens (including phenoxy) is 2. The summed E-state index contributed by atoms with van der Waals surface area (Å²) in [5.41, 5.74) is 4.18. The van der Waals surface area contributed by atoms with Crippen LogP contribution < -0.4 is 10.6 Å². The summed E-state index contributed by atoms with van der Waals surface area (Å²) in [6, 6.07) is 18.0. The second kappa shape index (κ2) is 16.2. The first-order chi connectivity index (χ1) is 23.9. The van der Waals surface area contributed by atoms with Gasteiger partial charge in [-0.3, -0.25) is 14.8 Å². The highest BCUT2D eigenvalue weighted by molar-refractivity contribution is 7.80. The van der Waals surface area contributed by atoms with Crippen LogP contribution in [0.25, 0.3) is 20.8 Å². The molecule has 0 aliphatic rings. The summed E-state index contributed by atoms with van der Waals surface area (Å²) >= 11 is 6.76. The van der Waals surface area contributed by atoms with E-state index in [4.69, 9.17) is 21.7 Å². The van der Waals surface area contributed by atoms with E-state index in [1.165, 1.54) is 41.7 Å². The van der Waals surface area contributed by atoms with Crippen LogP contribution >= 0.6 is 23.6 Å². The van der Waals surface area contributed by atoms with E-state index >= 15 is 4.39 Å². The number of methoxy groups -OCH3 is 1. The molecule has 3 heterocycles. The summed E-state index contributed by atoms with van der Waals surface area (Å²) in [5.74, 6) is -1.19. The lowest BCUT2D eigenvalue weighted by Gasteiger charge is -2.27. The van der Waals surface area contributed by atoms with E-state index in [9.17, 15) is 14.0 Å². The molecule has 0 radical (unpaired) electrons. The lowest BCUT2D eigenvalue weighted by atomic mass is 10.0. The van der Waals surface area contributed by atoms with Gasteiger partial charge >= 0.3 is 6.09 Å². The minimum Gasteiger partial charge on any atom is -0.444 e. The number of carbonyl (C=O) groups is 2. The maximum absolute atomic E-state index is 15.3. The van der Waals surface area contributed by atoms with Crippen molar-refractivity contribution < 1.29 is 27.8 Å². The van der Waals surface area contributed by atoms with Crippen molar-refractivity contribution in [1.82, 2.24) is 20.2 Å². The minimum absolute atomic E-state index is 0.0194. The third-order valence-corrected chi connectivity index (χ3v) is 8.81. The second-order valence-corrected chi connectivity index (χ2v) is 14.0. The van der Waals surface area contributed by atoms with Crippen molar-refractivity contribution in [2.24, 2.45) is 0 Å². The number of pyridine rings is 2. The zero-order valence-corrected chi connectivity index (χ0v) is 29.7. The van der Waals surface area contributed by atoms with Gasteiger partial charge in [-0.05, 0) is 97.7 Å². The van der Waals surface area contributed by atoms with E-state index in [2.05, 4.69) is 20.6 Å². The highest BCUT2D eigenvalue weighted by Gasteiger charge is 2.22. The number of benzene rings is 2. The summed E-state index contributed by atoms with van der Waals surface area (Å²) in [6.45, 7) is 6.56. The van der Waals surface area contributed by atoms with Crippen molar-refractivity contribution in [3.05, 3.63) is 113 Å². The lowest BCUT2D eigenvalue weighted by Crippen LogP contribution is -2.38. The molecule has 0 saturated carbocycles. The van der Waals surface area contributed by atoms with E-state index in [1.54, 1.807) is 36.5 Å². The fourth-order valence-electron chi connectivity index (χ4n) is 5.00. The average Bonchev–Trinajstić information content (AvgIpc) is 3.50. The molecule has 5 aromatic rings. The van der Waals surface area contributed by atoms with Crippen LogP contribution in [0.1, 0.15) is 43.0 Å². The predicted octanol–water partition coefficient (Wildman–Crippen LogP) is 7.67. The Morgan fingerprint density at radius 3 is 2.40 bits per heavy atom. The maximum Gasteiger partial charge on any atom is 0.410 e. The van der Waals surface area contributed by atoms with Gasteiger partial charge < -0.3 is 25.0 Å². The Hall–Kier alpha value is -4.85. The van der Waals surface area contributed by atoms with Gasteiger partial charge in [-0.25, -0.2) is 13.6 Å². The van der Waals surface area contributed by atoms with Crippen LogP contribution in [0.5, 0.6) is 0 Å². The van der Waals surface area contributed by atoms with Crippen LogP contribution in [-0.4, -0.2) is 57.8 Å². The molecule has 0 aliphatic carbocycles. The predicted molar refractivity (Wildman–Crippen MR) is 195 cm³/mol. The van der Waals surface area contributed by atoms with Crippen molar-refractivity contribution >= 4 is 56.6 Å². The number of hydrogen-bond donors (Lipinski definition) is 2. The molecular weight excluding hydrogens is 681 g/mol. The second-order valence-electron chi connectivity index (χ2n) is 12.5. The smallest absolute Gasteiger partial charge is 0.410 e. The first-order valence-electron chi connectivity index (χ1n) is 15.8. The highest BCUT2D eigenvalue weighted by atomic mass is 32.1.